The SMILES string of the molecule is CCCCCCCCCCC(C)C(=O)OC1C(OC)C(C(OC2OC(C(=O)NC3CCCCNC3=O)=CC(O)C2O)C(N)=O)OC1n1ccc(=O)[nH]c1=O. The number of aromatic amines is 1. The van der Waals surface area contributed by atoms with Gasteiger partial charge < -0.3 is 50.3 Å². The topological polar surface area (TPSA) is 260 Å². The Kier molecular flexibility index (Phi) is 16.2. The molecule has 2 saturated heterocycles. The smallest absolute Gasteiger partial charge is 0.330 e. The highest BCUT2D eigenvalue weighted by molar-refractivity contribution is 5.95. The van der Waals surface area contributed by atoms with Gasteiger partial charge in [-0.05, 0) is 31.8 Å². The number of carbonyl (C=O) groups is 4. The second-order valence-electron chi connectivity index (χ2n) is 14.0. The predicted molar refractivity (Wildman–Crippen MR) is 190 cm³/mol. The van der Waals surface area contributed by atoms with Crippen LogP contribution in [0.2, 0.25) is 0 Å². The first kappa shape index (κ1) is 42.6. The van der Waals surface area contributed by atoms with Crippen LogP contribution in [0.4, 0.5) is 0 Å². The average Bonchev–Trinajstić information content (AvgIpc) is 3.35. The number of carbonyl (C=O) groups excluding carboxylic acids is 4. The number of hydrogen-bond acceptors (Lipinski definition) is 13. The number of esters is 1. The molecular formula is C36H55N5O13. The third kappa shape index (κ3) is 11.2. The fourth-order valence-corrected chi connectivity index (χ4v) is 6.75. The van der Waals surface area contributed by atoms with Gasteiger partial charge in [-0.3, -0.25) is 33.5 Å². The maximum absolute atomic E-state index is 13.5. The summed E-state index contributed by atoms with van der Waals surface area (Å²) in [4.78, 5) is 78.9. The molecule has 18 nitrogen and oxygen atoms in total. The van der Waals surface area contributed by atoms with Gasteiger partial charge in [-0.15, -0.1) is 0 Å². The summed E-state index contributed by atoms with van der Waals surface area (Å²) >= 11 is 0. The molecule has 18 heteroatoms. The van der Waals surface area contributed by atoms with Gasteiger partial charge >= 0.3 is 11.7 Å². The molecule has 0 aromatic carbocycles. The lowest BCUT2D eigenvalue weighted by Crippen LogP contribution is -2.54. The number of methoxy groups -OCH3 is 1. The summed E-state index contributed by atoms with van der Waals surface area (Å²) in [5, 5.41) is 26.6. The molecule has 54 heavy (non-hydrogen) atoms. The van der Waals surface area contributed by atoms with Crippen LogP contribution in [0.5, 0.6) is 0 Å². The normalized spacial score (nSPS) is 28.2. The molecular weight excluding hydrogens is 710 g/mol. The number of aromatic nitrogens is 2. The Morgan fingerprint density at radius 2 is 1.76 bits per heavy atom. The number of aliphatic hydroxyl groups excluding tert-OH is 2. The molecule has 10 unspecified atom stereocenters. The van der Waals surface area contributed by atoms with Crippen molar-refractivity contribution in [3.05, 3.63) is 44.9 Å². The molecule has 1 aromatic rings. The van der Waals surface area contributed by atoms with Gasteiger partial charge in [0.25, 0.3) is 11.5 Å². The molecule has 3 amide bonds. The van der Waals surface area contributed by atoms with Crippen LogP contribution in [-0.2, 0) is 42.9 Å². The summed E-state index contributed by atoms with van der Waals surface area (Å²) in [5.74, 6) is -4.10. The number of H-pyrrole nitrogens is 1. The maximum atomic E-state index is 13.5. The Labute approximate surface area is 313 Å². The van der Waals surface area contributed by atoms with Crippen LogP contribution < -0.4 is 27.6 Å². The maximum Gasteiger partial charge on any atom is 0.330 e. The summed E-state index contributed by atoms with van der Waals surface area (Å²) < 4.78 is 30.1. The van der Waals surface area contributed by atoms with Gasteiger partial charge in [0.15, 0.2) is 24.2 Å². The third-order valence-electron chi connectivity index (χ3n) is 9.89. The molecule has 3 aliphatic rings. The average molecular weight is 766 g/mol. The first-order valence-corrected chi connectivity index (χ1v) is 18.8. The van der Waals surface area contributed by atoms with Crippen molar-refractivity contribution in [2.45, 2.75) is 146 Å². The van der Waals surface area contributed by atoms with E-state index in [4.69, 9.17) is 29.4 Å². The van der Waals surface area contributed by atoms with Crippen molar-refractivity contribution in [3.63, 3.8) is 0 Å². The second-order valence-corrected chi connectivity index (χ2v) is 14.0. The van der Waals surface area contributed by atoms with E-state index in [0.29, 0.717) is 25.8 Å². The summed E-state index contributed by atoms with van der Waals surface area (Å²) in [6, 6.07) is 0.174. The van der Waals surface area contributed by atoms with Gasteiger partial charge in [0, 0.05) is 25.9 Å². The monoisotopic (exact) mass is 765 g/mol. The molecule has 10 atom stereocenters. The van der Waals surface area contributed by atoms with Gasteiger partial charge in [0.05, 0.1) is 5.92 Å². The Morgan fingerprint density at radius 1 is 1.06 bits per heavy atom. The van der Waals surface area contributed by atoms with E-state index in [1.54, 1.807) is 6.92 Å². The van der Waals surface area contributed by atoms with E-state index in [-0.39, 0.29) is 0 Å². The molecule has 4 rings (SSSR count). The number of primary amides is 1. The minimum absolute atomic E-state index is 0.362. The summed E-state index contributed by atoms with van der Waals surface area (Å²) in [6.07, 6.45) is 0.0841. The van der Waals surface area contributed by atoms with Crippen LogP contribution in [0, 0.1) is 5.92 Å². The van der Waals surface area contributed by atoms with Crippen LogP contribution in [0.1, 0.15) is 97.1 Å². The van der Waals surface area contributed by atoms with E-state index in [2.05, 4.69) is 22.5 Å². The molecule has 0 saturated carbocycles. The zero-order chi connectivity index (χ0) is 39.4. The van der Waals surface area contributed by atoms with Gasteiger partial charge in [-0.2, -0.15) is 0 Å². The molecule has 0 bridgehead atoms. The van der Waals surface area contributed by atoms with Crippen molar-refractivity contribution < 1.29 is 53.1 Å². The number of nitrogens with zero attached hydrogens (tertiary/aromatic N) is 1. The molecule has 3 aliphatic heterocycles. The van der Waals surface area contributed by atoms with Gasteiger partial charge in [0.1, 0.15) is 30.5 Å². The standard InChI is InChI=1S/C36H55N5O13/c1-4-5-6-7-8-9-10-11-14-20(2)34(48)53-29-26(50-3)27(52-33(29)41-18-16-24(43)40-36(41)49)28(30(37)45)54-35-25(44)22(42)19-23(51-35)32(47)39-21-15-12-13-17-38-31(21)46/h16,18-22,25-29,33,35,42,44H,4-15,17H2,1-3H3,(H2,37,45)(H,38,46)(H,39,47)(H,40,43,49). The summed E-state index contributed by atoms with van der Waals surface area (Å²) in [6.45, 7) is 4.34. The van der Waals surface area contributed by atoms with E-state index >= 15 is 0 Å². The van der Waals surface area contributed by atoms with Crippen molar-refractivity contribution >= 4 is 23.7 Å². The number of nitrogens with one attached hydrogen (secondary N) is 3. The number of rotatable bonds is 19. The largest absolute Gasteiger partial charge is 0.456 e. The zero-order valence-electron chi connectivity index (χ0n) is 31.1. The van der Waals surface area contributed by atoms with Crippen LogP contribution in [-0.4, -0.2) is 106 Å². The Morgan fingerprint density at radius 3 is 2.43 bits per heavy atom. The van der Waals surface area contributed by atoms with Gasteiger partial charge in [-0.25, -0.2) is 4.79 Å². The second kappa shape index (κ2) is 20.5. The highest BCUT2D eigenvalue weighted by atomic mass is 16.7. The van der Waals surface area contributed by atoms with Gasteiger partial charge in [0.2, 0.25) is 18.1 Å². The van der Waals surface area contributed by atoms with Crippen LogP contribution >= 0.6 is 0 Å². The Balaban J connectivity index is 1.51. The highest BCUT2D eigenvalue weighted by Gasteiger charge is 2.55. The quantitative estimate of drug-likeness (QED) is 0.0811. The number of amides is 3. The van der Waals surface area contributed by atoms with Crippen LogP contribution in [0.25, 0.3) is 0 Å². The van der Waals surface area contributed by atoms with E-state index in [0.717, 1.165) is 55.0 Å². The molecule has 0 radical (unpaired) electrons. The minimum Gasteiger partial charge on any atom is -0.456 e. The number of nitrogens with two attached hydrogens (primary N) is 1. The number of ether oxygens (including phenoxy) is 5. The third-order valence-corrected chi connectivity index (χ3v) is 9.89. The highest BCUT2D eigenvalue weighted by Crippen LogP contribution is 2.37. The molecule has 0 aliphatic carbocycles. The molecule has 2 fully saturated rings. The van der Waals surface area contributed by atoms with Crippen LogP contribution in [0.3, 0.4) is 0 Å². The first-order valence-electron chi connectivity index (χ1n) is 18.8. The van der Waals surface area contributed by atoms with E-state index in [1.165, 1.54) is 32.8 Å². The number of aliphatic hydroxyl groups is 2. The van der Waals surface area contributed by atoms with Crippen molar-refractivity contribution in [1.29, 1.82) is 0 Å². The van der Waals surface area contributed by atoms with Crippen LogP contribution in [0.15, 0.2) is 33.7 Å². The molecule has 302 valence electrons. The van der Waals surface area contributed by atoms with E-state index in [9.17, 15) is 39.0 Å². The molecule has 7 N–H and O–H groups in total. The van der Waals surface area contributed by atoms with E-state index < -0.39 is 102 Å². The summed E-state index contributed by atoms with van der Waals surface area (Å²) in [5.41, 5.74) is 4.15. The van der Waals surface area contributed by atoms with Crippen molar-refractivity contribution in [3.8, 4) is 0 Å². The lowest BCUT2D eigenvalue weighted by Gasteiger charge is -2.35. The minimum atomic E-state index is -1.88. The van der Waals surface area contributed by atoms with Gasteiger partial charge in [-0.1, -0.05) is 65.2 Å². The summed E-state index contributed by atoms with van der Waals surface area (Å²) in [7, 11) is 1.24. The first-order chi connectivity index (χ1) is 25.9. The van der Waals surface area contributed by atoms with Crippen molar-refractivity contribution in [2.75, 3.05) is 13.7 Å². The fourth-order valence-electron chi connectivity index (χ4n) is 6.75. The molecule has 1 aromatic heterocycles. The number of hydrogen-bond donors (Lipinski definition) is 6. The predicted octanol–water partition coefficient (Wildman–Crippen LogP) is 0.145. The lowest BCUT2D eigenvalue weighted by molar-refractivity contribution is -0.241. The fraction of sp³-hybridized carbons (Fsp3) is 0.722. The Bertz CT molecular complexity index is 1580. The molecule has 0 spiro atoms. The van der Waals surface area contributed by atoms with Crippen molar-refractivity contribution in [1.82, 2.24) is 20.2 Å². The molecule has 4 heterocycles. The lowest BCUT2D eigenvalue weighted by atomic mass is 10.0. The van der Waals surface area contributed by atoms with Crippen molar-refractivity contribution in [2.24, 2.45) is 11.7 Å². The number of unbranched alkanes of at least 4 members (excludes halogenated alkanes) is 7. The van der Waals surface area contributed by atoms with E-state index in [1.807, 2.05) is 0 Å². The Hall–Kier alpha value is -4.10. The zero-order valence-corrected chi connectivity index (χ0v) is 31.1.